The third kappa shape index (κ3) is 13.4. The van der Waals surface area contributed by atoms with Gasteiger partial charge in [0.05, 0.1) is 69.1 Å². The zero-order chi connectivity index (χ0) is 55.2. The van der Waals surface area contributed by atoms with E-state index in [4.69, 9.17) is 33.4 Å². The summed E-state index contributed by atoms with van der Waals surface area (Å²) < 4.78 is 89.2. The number of hydrogen-bond acceptors (Lipinski definition) is 14. The van der Waals surface area contributed by atoms with Gasteiger partial charge in [0.1, 0.15) is 11.4 Å². The SMILES string of the molecule is CCN.CCNC(=O)c1cc(I)cc(C)c1NC(=O)c1cc(Cn2cc(C(F)(F)F)nn2)nn1-c1ncccc1Cl.Cc1cc(I)cc2c(=O)oc(-c3cc(Cn4cc(C(F)(F)F)nn4)nn3-c3ncccc3Cl)nc12. The molecule has 30 heteroatoms. The van der Waals surface area contributed by atoms with Crippen LogP contribution < -0.4 is 22.0 Å². The maximum atomic E-state index is 13.5. The average Bonchev–Trinajstić information content (AvgIpc) is 4.19. The molecule has 0 aliphatic heterocycles. The van der Waals surface area contributed by atoms with Crippen molar-refractivity contribution in [1.29, 1.82) is 0 Å². The second-order valence-corrected chi connectivity index (χ2v) is 19.2. The Kier molecular flexibility index (Phi) is 17.9. The highest BCUT2D eigenvalue weighted by Crippen LogP contribution is 2.31. The van der Waals surface area contributed by atoms with Gasteiger partial charge in [-0.15, -0.1) is 10.2 Å². The lowest BCUT2D eigenvalue weighted by Crippen LogP contribution is -2.26. The molecule has 0 atom stereocenters. The Balaban J connectivity index is 0.000000211. The van der Waals surface area contributed by atoms with Crippen molar-refractivity contribution in [2.45, 2.75) is 53.1 Å². The molecule has 0 aliphatic carbocycles. The lowest BCUT2D eigenvalue weighted by molar-refractivity contribution is -0.142. The molecule has 0 saturated heterocycles. The van der Waals surface area contributed by atoms with Gasteiger partial charge < -0.3 is 20.8 Å². The van der Waals surface area contributed by atoms with Crippen molar-refractivity contribution in [3.05, 3.63) is 158 Å². The van der Waals surface area contributed by atoms with E-state index < -0.39 is 35.3 Å². The second kappa shape index (κ2) is 24.0. The first-order valence-corrected chi connectivity index (χ1v) is 25.0. The molecule has 7 aromatic heterocycles. The van der Waals surface area contributed by atoms with Crippen LogP contribution in [0.15, 0.2) is 94.7 Å². The van der Waals surface area contributed by atoms with E-state index in [0.717, 1.165) is 41.0 Å². The molecule has 0 saturated carbocycles. The van der Waals surface area contributed by atoms with Crippen LogP contribution in [0.4, 0.5) is 32.0 Å². The molecule has 2 aromatic carbocycles. The summed E-state index contributed by atoms with van der Waals surface area (Å²) in [6.45, 7) is 8.03. The summed E-state index contributed by atoms with van der Waals surface area (Å²) in [5.74, 6) is -0.716. The highest BCUT2D eigenvalue weighted by atomic mass is 127. The third-order valence-corrected chi connectivity index (χ3v) is 12.0. The van der Waals surface area contributed by atoms with E-state index in [2.05, 4.69) is 102 Å². The number of aromatic nitrogens is 13. The predicted molar refractivity (Wildman–Crippen MR) is 282 cm³/mol. The fourth-order valence-corrected chi connectivity index (χ4v) is 8.96. The molecule has 0 bridgehead atoms. The first kappa shape index (κ1) is 56.8. The molecular weight excluding hydrogens is 1280 g/mol. The molecule has 0 spiro atoms. The van der Waals surface area contributed by atoms with Crippen LogP contribution in [0.1, 0.15) is 68.6 Å². The van der Waals surface area contributed by atoms with Gasteiger partial charge in [0.15, 0.2) is 23.0 Å². The van der Waals surface area contributed by atoms with Crippen molar-refractivity contribution in [1.82, 2.24) is 69.8 Å². The smallest absolute Gasteiger partial charge is 0.401 e. The first-order valence-electron chi connectivity index (χ1n) is 22.0. The number of halogens is 10. The van der Waals surface area contributed by atoms with Crippen LogP contribution in [-0.2, 0) is 25.4 Å². The molecule has 0 aliphatic rings. The number of rotatable bonds is 11. The van der Waals surface area contributed by atoms with Crippen LogP contribution in [0, 0.1) is 21.0 Å². The van der Waals surface area contributed by atoms with Crippen molar-refractivity contribution in [3.8, 4) is 23.2 Å². The molecule has 0 fully saturated rings. The number of alkyl halides is 6. The van der Waals surface area contributed by atoms with Crippen molar-refractivity contribution < 1.29 is 40.3 Å². The van der Waals surface area contributed by atoms with Gasteiger partial charge in [0.2, 0.25) is 5.89 Å². The molecule has 396 valence electrons. The maximum Gasteiger partial charge on any atom is 0.436 e. The van der Waals surface area contributed by atoms with Gasteiger partial charge in [-0.3, -0.25) is 9.59 Å². The van der Waals surface area contributed by atoms with Crippen LogP contribution in [0.25, 0.3) is 34.1 Å². The largest absolute Gasteiger partial charge is 0.436 e. The van der Waals surface area contributed by atoms with Crippen molar-refractivity contribution in [3.63, 3.8) is 0 Å². The number of amides is 2. The molecule has 0 radical (unpaired) electrons. The van der Waals surface area contributed by atoms with Crippen LogP contribution >= 0.6 is 68.4 Å². The zero-order valence-corrected chi connectivity index (χ0v) is 45.5. The Morgan fingerprint density at radius 3 is 1.82 bits per heavy atom. The summed E-state index contributed by atoms with van der Waals surface area (Å²) >= 11 is 16.8. The standard InChI is InChI=1S/C23H19ClF3IN8O2.C21H12ClF3IN7O2.C2H7N/c1-3-29-21(37)15-8-13(28)7-12(2)19(15)31-22(38)17-9-14(10-35-11-18(32-34-35)23(25,26)27)33-36(17)20-16(24)5-4-6-30-20;1-10-5-11(26)6-13-17(10)28-19(35-20(13)34)15-7-12(8-32-9-16(29-31-32)21(23,24)25)30-33(15)18-14(22)3-2-4-27-18;1-2-3/h4-9,11H,3,10H2,1-2H3,(H,29,37)(H,31,38);2-7,9H,8H2,1H3;2-3H2,1H3. The molecule has 76 heavy (non-hydrogen) atoms. The van der Waals surface area contributed by atoms with Crippen LogP contribution in [0.2, 0.25) is 10.0 Å². The van der Waals surface area contributed by atoms with Crippen LogP contribution in [-0.4, -0.2) is 89.4 Å². The van der Waals surface area contributed by atoms with Gasteiger partial charge in [0, 0.05) is 26.1 Å². The van der Waals surface area contributed by atoms with Crippen LogP contribution in [0.3, 0.4) is 0 Å². The fourth-order valence-electron chi connectivity index (χ4n) is 7.00. The number of nitrogens with one attached hydrogen (secondary N) is 2. The highest BCUT2D eigenvalue weighted by molar-refractivity contribution is 14.1. The minimum Gasteiger partial charge on any atom is -0.401 e. The average molecular weight is 1320 g/mol. The number of anilines is 1. The van der Waals surface area contributed by atoms with E-state index in [1.54, 1.807) is 56.3 Å². The fraction of sp³-hybridized carbons (Fsp3) is 0.217. The predicted octanol–water partition coefficient (Wildman–Crippen LogP) is 9.12. The summed E-state index contributed by atoms with van der Waals surface area (Å²) in [7, 11) is 0. The van der Waals surface area contributed by atoms with Gasteiger partial charge >= 0.3 is 18.0 Å². The van der Waals surface area contributed by atoms with Crippen molar-refractivity contribution >= 4 is 96.8 Å². The van der Waals surface area contributed by atoms with E-state index in [1.807, 2.05) is 19.9 Å². The summed E-state index contributed by atoms with van der Waals surface area (Å²) in [6.07, 6.45) is -4.83. The molecule has 20 nitrogen and oxygen atoms in total. The Morgan fingerprint density at radius 2 is 1.28 bits per heavy atom. The van der Waals surface area contributed by atoms with Gasteiger partial charge in [-0.1, -0.05) is 40.6 Å². The number of nitrogens with zero attached hydrogens (tertiary/aromatic N) is 13. The minimum atomic E-state index is -4.66. The summed E-state index contributed by atoms with van der Waals surface area (Å²) in [6, 6.07) is 16.3. The Hall–Kier alpha value is -6.90. The number of carbonyl (C=O) groups excluding carboxylic acids is 2. The molecule has 4 N–H and O–H groups in total. The summed E-state index contributed by atoms with van der Waals surface area (Å²) in [5.41, 5.74) is 5.09. The monoisotopic (exact) mass is 1320 g/mol. The first-order chi connectivity index (χ1) is 36.0. The molecule has 9 aromatic rings. The lowest BCUT2D eigenvalue weighted by atomic mass is 10.1. The van der Waals surface area contributed by atoms with Gasteiger partial charge in [-0.25, -0.2) is 38.5 Å². The second-order valence-electron chi connectivity index (χ2n) is 15.9. The molecule has 9 rings (SSSR count). The summed E-state index contributed by atoms with van der Waals surface area (Å²) in [4.78, 5) is 52.0. The number of aryl methyl sites for hydroxylation is 2. The normalized spacial score (nSPS) is 11.5. The quantitative estimate of drug-likeness (QED) is 0.0807. The lowest BCUT2D eigenvalue weighted by Gasteiger charge is -2.15. The minimum absolute atomic E-state index is 0.0171. The Morgan fingerprint density at radius 1 is 0.750 bits per heavy atom. The number of nitrogens with two attached hydrogens (primary N) is 1. The number of pyridine rings is 2. The van der Waals surface area contributed by atoms with E-state index in [-0.39, 0.29) is 74.9 Å². The van der Waals surface area contributed by atoms with E-state index in [1.165, 1.54) is 33.9 Å². The zero-order valence-electron chi connectivity index (χ0n) is 39.7. The number of carbonyl (C=O) groups is 2. The van der Waals surface area contributed by atoms with E-state index in [9.17, 15) is 40.7 Å². The number of benzene rings is 2. The Bertz CT molecular complexity index is 3650. The van der Waals surface area contributed by atoms with Crippen molar-refractivity contribution in [2.24, 2.45) is 5.73 Å². The highest BCUT2D eigenvalue weighted by Gasteiger charge is 2.36. The van der Waals surface area contributed by atoms with Gasteiger partial charge in [0.25, 0.3) is 11.8 Å². The van der Waals surface area contributed by atoms with Gasteiger partial charge in [-0.05, 0) is 144 Å². The van der Waals surface area contributed by atoms with E-state index >= 15 is 0 Å². The van der Waals surface area contributed by atoms with E-state index in [0.29, 0.717) is 28.7 Å². The molecular formula is C46H38Cl2F6I2N16O4. The third-order valence-electron chi connectivity index (χ3n) is 10.2. The number of fused-ring (bicyclic) bond motifs is 1. The van der Waals surface area contributed by atoms with Crippen LogP contribution in [0.5, 0.6) is 0 Å². The maximum absolute atomic E-state index is 13.5. The van der Waals surface area contributed by atoms with Crippen molar-refractivity contribution in [2.75, 3.05) is 18.4 Å². The van der Waals surface area contributed by atoms with Gasteiger partial charge in [-0.2, -0.15) is 36.5 Å². The summed E-state index contributed by atoms with van der Waals surface area (Å²) in [5, 5.41) is 28.3. The number of hydrogen-bond donors (Lipinski definition) is 3. The molecule has 2 amide bonds. The molecule has 0 unspecified atom stereocenters. The topological polar surface area (TPSA) is 250 Å². The Labute approximate surface area is 462 Å². The molecule has 7 heterocycles.